The molecule has 0 amide bonds. The van der Waals surface area contributed by atoms with Crippen molar-refractivity contribution in [1.82, 2.24) is 8.80 Å². The Morgan fingerprint density at radius 1 is 0.532 bits per heavy atom. The van der Waals surface area contributed by atoms with E-state index in [0.29, 0.717) is 11.8 Å². The summed E-state index contributed by atoms with van der Waals surface area (Å²) in [4.78, 5) is 0. The smallest absolute Gasteiger partial charge is 0.225 e. The molecule has 0 saturated heterocycles. The summed E-state index contributed by atoms with van der Waals surface area (Å²) in [5.41, 5.74) is 22.1. The quantitative estimate of drug-likeness (QED) is 0.122. The molecule has 0 fully saturated rings. The van der Waals surface area contributed by atoms with Crippen LogP contribution in [0.4, 0.5) is 0 Å². The fraction of sp³-hybridized carbons (Fsp3) is 0.276. The molecule has 4 aromatic heterocycles. The van der Waals surface area contributed by atoms with Gasteiger partial charge in [0, 0.05) is 43.8 Å². The first kappa shape index (κ1) is 38.6. The molecule has 0 saturated carbocycles. The van der Waals surface area contributed by atoms with E-state index in [2.05, 4.69) is 209 Å². The highest BCUT2D eigenvalue weighted by molar-refractivity contribution is 6.14. The van der Waals surface area contributed by atoms with Crippen LogP contribution in [0.25, 0.3) is 77.2 Å². The predicted octanol–water partition coefficient (Wildman–Crippen LogP) is 13.9. The molecule has 0 aliphatic carbocycles. The van der Waals surface area contributed by atoms with Gasteiger partial charge in [-0.1, -0.05) is 139 Å². The minimum atomic E-state index is 0.270. The highest BCUT2D eigenvalue weighted by atomic mass is 15.1. The highest BCUT2D eigenvalue weighted by Crippen LogP contribution is 2.42. The molecule has 308 valence electrons. The van der Waals surface area contributed by atoms with Crippen LogP contribution < -0.4 is 9.13 Å². The number of benzene rings is 6. The maximum Gasteiger partial charge on any atom is 0.295 e. The van der Waals surface area contributed by atoms with Crippen molar-refractivity contribution in [2.75, 3.05) is 0 Å². The van der Waals surface area contributed by atoms with Crippen molar-refractivity contribution in [2.24, 2.45) is 5.41 Å². The summed E-state index contributed by atoms with van der Waals surface area (Å²) < 4.78 is 9.97. The van der Waals surface area contributed by atoms with Crippen LogP contribution in [0.1, 0.15) is 105 Å². The molecule has 2 aliphatic rings. The van der Waals surface area contributed by atoms with Gasteiger partial charge in [0.1, 0.15) is 36.5 Å². The lowest BCUT2D eigenvalue weighted by atomic mass is 9.87. The van der Waals surface area contributed by atoms with E-state index in [1.165, 1.54) is 122 Å². The molecule has 62 heavy (non-hydrogen) atoms. The number of pyridine rings is 2. The third-order valence-electron chi connectivity index (χ3n) is 13.8. The normalized spacial score (nSPS) is 13.2. The van der Waals surface area contributed by atoms with Crippen molar-refractivity contribution in [3.63, 3.8) is 0 Å². The van der Waals surface area contributed by atoms with Crippen LogP contribution in [0.5, 0.6) is 0 Å². The number of fused-ring (bicyclic) bond motifs is 6. The first-order valence-corrected chi connectivity index (χ1v) is 22.8. The van der Waals surface area contributed by atoms with Crippen molar-refractivity contribution < 1.29 is 9.13 Å². The average molecular weight is 811 g/mol. The molecular weight excluding hydrogens is 753 g/mol. The van der Waals surface area contributed by atoms with Crippen molar-refractivity contribution in [1.29, 1.82) is 0 Å². The van der Waals surface area contributed by atoms with Gasteiger partial charge in [0.05, 0.1) is 10.8 Å². The molecule has 0 N–H and O–H groups in total. The molecule has 4 nitrogen and oxygen atoms in total. The summed E-state index contributed by atoms with van der Waals surface area (Å²) in [6, 6.07) is 41.2. The second kappa shape index (κ2) is 13.9. The molecule has 12 rings (SSSR count). The van der Waals surface area contributed by atoms with Crippen molar-refractivity contribution in [3.8, 4) is 22.5 Å². The Bertz CT molecular complexity index is 3460. The number of nitrogens with zero attached hydrogens (tertiary/aromatic N) is 4. The van der Waals surface area contributed by atoms with Gasteiger partial charge in [-0.25, -0.2) is 9.13 Å². The van der Waals surface area contributed by atoms with Gasteiger partial charge in [0.25, 0.3) is 11.3 Å². The van der Waals surface area contributed by atoms with Gasteiger partial charge in [0.15, 0.2) is 11.4 Å². The van der Waals surface area contributed by atoms with Gasteiger partial charge in [-0.05, 0) is 96.5 Å². The van der Waals surface area contributed by atoms with Crippen molar-refractivity contribution in [3.05, 3.63) is 166 Å². The molecule has 6 aromatic carbocycles. The number of aromatic nitrogens is 4. The van der Waals surface area contributed by atoms with Gasteiger partial charge in [-0.3, -0.25) is 0 Å². The monoisotopic (exact) mass is 810 g/mol. The predicted molar refractivity (Wildman–Crippen MR) is 260 cm³/mol. The minimum Gasteiger partial charge on any atom is -0.225 e. The van der Waals surface area contributed by atoms with Crippen LogP contribution in [0.15, 0.2) is 122 Å². The molecule has 2 aliphatic heterocycles. The molecule has 4 heteroatoms. The average Bonchev–Trinajstić information content (AvgIpc) is 3.99. The van der Waals surface area contributed by atoms with E-state index in [0.717, 1.165) is 19.5 Å². The van der Waals surface area contributed by atoms with E-state index in [1.54, 1.807) is 0 Å². The summed E-state index contributed by atoms with van der Waals surface area (Å²) in [6.45, 7) is 24.8. The van der Waals surface area contributed by atoms with Gasteiger partial charge in [-0.15, -0.1) is 0 Å². The van der Waals surface area contributed by atoms with Gasteiger partial charge >= 0.3 is 0 Å². The first-order valence-electron chi connectivity index (χ1n) is 22.8. The van der Waals surface area contributed by atoms with Crippen LogP contribution >= 0.6 is 0 Å². The van der Waals surface area contributed by atoms with Crippen LogP contribution in [-0.2, 0) is 19.5 Å². The second-order valence-corrected chi connectivity index (χ2v) is 20.3. The van der Waals surface area contributed by atoms with E-state index in [1.807, 2.05) is 0 Å². The Balaban J connectivity index is 0.000000139. The Hall–Kier alpha value is -6.26. The van der Waals surface area contributed by atoms with Crippen LogP contribution in [0.3, 0.4) is 0 Å². The lowest BCUT2D eigenvalue weighted by Gasteiger charge is -2.18. The third kappa shape index (κ3) is 5.79. The van der Waals surface area contributed by atoms with Crippen LogP contribution in [0, 0.1) is 26.2 Å². The molecule has 10 aromatic rings. The van der Waals surface area contributed by atoms with E-state index >= 15 is 0 Å². The maximum absolute atomic E-state index is 2.54. The zero-order valence-corrected chi connectivity index (χ0v) is 38.1. The fourth-order valence-electron chi connectivity index (χ4n) is 11.3. The van der Waals surface area contributed by atoms with E-state index < -0.39 is 0 Å². The molecule has 6 heterocycles. The Morgan fingerprint density at radius 3 is 1.55 bits per heavy atom. The largest absolute Gasteiger partial charge is 0.295 e. The van der Waals surface area contributed by atoms with Crippen molar-refractivity contribution >= 4 is 54.6 Å². The lowest BCUT2D eigenvalue weighted by molar-refractivity contribution is -0.657. The number of imidazole rings is 2. The van der Waals surface area contributed by atoms with Gasteiger partial charge in [0.2, 0.25) is 0 Å². The molecule has 0 bridgehead atoms. The second-order valence-electron chi connectivity index (χ2n) is 20.3. The minimum absolute atomic E-state index is 0.270. The Morgan fingerprint density at radius 2 is 1.02 bits per heavy atom. The van der Waals surface area contributed by atoms with Crippen LogP contribution in [-0.4, -0.2) is 8.80 Å². The number of aryl methyl sites for hydroxylation is 3. The van der Waals surface area contributed by atoms with E-state index in [9.17, 15) is 0 Å². The maximum atomic E-state index is 2.54. The van der Waals surface area contributed by atoms with E-state index in [4.69, 9.17) is 0 Å². The number of hydrogen-bond donors (Lipinski definition) is 0. The molecule has 0 spiro atoms. The molecule has 0 unspecified atom stereocenters. The molecule has 0 radical (unpaired) electrons. The molecule has 0 atom stereocenters. The van der Waals surface area contributed by atoms with Gasteiger partial charge in [-0.2, -0.15) is 8.80 Å². The zero-order chi connectivity index (χ0) is 42.9. The summed E-state index contributed by atoms with van der Waals surface area (Å²) in [6.07, 6.45) is 5.85. The van der Waals surface area contributed by atoms with Crippen LogP contribution in [0.2, 0.25) is 0 Å². The fourth-order valence-corrected chi connectivity index (χ4v) is 11.3. The number of hydrogen-bond acceptors (Lipinski definition) is 0. The SMILES string of the molecule is Cc1ccc2c(c1)c1cccc3c1c1n2c(-c2c(C(C)C)cccc2C(C)C)c[n+]1C3.Cc1cccc(C)c1-c1c[n+]2c3c4c(cccc4c4cc(CC(C)(C)C)ccc4n13)C2. The Labute approximate surface area is 365 Å². The number of rotatable bonds is 5. The topological polar surface area (TPSA) is 16.6 Å². The standard InChI is InChI=1S/2C29H29N2/c1-17(2)21-9-7-10-22(18(3)4)28(21)26-16-30-15-20-8-6-11-23-24-14-19(5)12-13-25(24)31(26)29(30)27(20)23;1-18-8-6-9-19(2)26(18)25-17-30-16-21-10-7-11-22-23-14-20(15-29(3,4)5)12-13-24(23)31(25)28(30)27(21)22/h6-14,16-18H,15H2,1-5H3;6-14,17H,15-16H2,1-5H3/q2*+1. The first-order chi connectivity index (χ1) is 29.8. The lowest BCUT2D eigenvalue weighted by Crippen LogP contribution is -2.28. The Kier molecular flexibility index (Phi) is 8.65. The third-order valence-corrected chi connectivity index (χ3v) is 13.8. The summed E-state index contributed by atoms with van der Waals surface area (Å²) in [5.74, 6) is 0.945. The van der Waals surface area contributed by atoms with E-state index in [-0.39, 0.29) is 5.41 Å². The van der Waals surface area contributed by atoms with Gasteiger partial charge < -0.3 is 0 Å². The molecular formula is C58H58N4+2. The zero-order valence-electron chi connectivity index (χ0n) is 38.1. The summed E-state index contributed by atoms with van der Waals surface area (Å²) in [7, 11) is 0. The highest BCUT2D eigenvalue weighted by Gasteiger charge is 2.34. The summed E-state index contributed by atoms with van der Waals surface area (Å²) in [5, 5.41) is 8.31. The van der Waals surface area contributed by atoms with Crippen molar-refractivity contribution in [2.45, 2.75) is 101 Å². The summed E-state index contributed by atoms with van der Waals surface area (Å²) >= 11 is 0.